The van der Waals surface area contributed by atoms with Crippen LogP contribution < -0.4 is 5.32 Å². The van der Waals surface area contributed by atoms with Crippen molar-refractivity contribution in [2.75, 3.05) is 11.9 Å². The number of anilines is 1. The third-order valence-electron chi connectivity index (χ3n) is 2.92. The van der Waals surface area contributed by atoms with Gasteiger partial charge in [0.1, 0.15) is 5.82 Å². The van der Waals surface area contributed by atoms with Crippen LogP contribution in [0.5, 0.6) is 0 Å². The molecular formula is C16H12N4O3. The molecule has 23 heavy (non-hydrogen) atoms. The van der Waals surface area contributed by atoms with Crippen LogP contribution in [0.3, 0.4) is 0 Å². The van der Waals surface area contributed by atoms with Crippen molar-refractivity contribution in [3.05, 3.63) is 60.6 Å². The van der Waals surface area contributed by atoms with Gasteiger partial charge in [-0.25, -0.2) is 14.8 Å². The number of rotatable bonds is 4. The Hall–Kier alpha value is -3.35. The van der Waals surface area contributed by atoms with Gasteiger partial charge in [0.05, 0.1) is 17.2 Å². The average molecular weight is 308 g/mol. The molecule has 3 aromatic rings. The first-order chi connectivity index (χ1) is 11.2. The summed E-state index contributed by atoms with van der Waals surface area (Å²) in [7, 11) is 0. The molecule has 0 saturated heterocycles. The number of fused-ring (bicyclic) bond motifs is 1. The van der Waals surface area contributed by atoms with Crippen molar-refractivity contribution in [1.82, 2.24) is 15.0 Å². The van der Waals surface area contributed by atoms with E-state index in [4.69, 9.17) is 4.74 Å². The predicted molar refractivity (Wildman–Crippen MR) is 82.7 cm³/mol. The van der Waals surface area contributed by atoms with Gasteiger partial charge in [-0.3, -0.25) is 9.78 Å². The van der Waals surface area contributed by atoms with Gasteiger partial charge in [-0.05, 0) is 24.3 Å². The van der Waals surface area contributed by atoms with E-state index in [0.717, 1.165) is 0 Å². The average Bonchev–Trinajstić information content (AvgIpc) is 2.60. The van der Waals surface area contributed by atoms with E-state index in [1.807, 2.05) is 6.07 Å². The molecule has 0 unspecified atom stereocenters. The summed E-state index contributed by atoms with van der Waals surface area (Å²) < 4.78 is 4.93. The highest BCUT2D eigenvalue weighted by Crippen LogP contribution is 2.09. The first kappa shape index (κ1) is 14.6. The van der Waals surface area contributed by atoms with E-state index in [9.17, 15) is 9.59 Å². The minimum atomic E-state index is -0.709. The van der Waals surface area contributed by atoms with Crippen molar-refractivity contribution >= 4 is 28.7 Å². The molecule has 0 radical (unpaired) electrons. The number of carbonyl (C=O) groups is 2. The van der Waals surface area contributed by atoms with Crippen molar-refractivity contribution < 1.29 is 14.3 Å². The van der Waals surface area contributed by atoms with Crippen molar-refractivity contribution in [3.63, 3.8) is 0 Å². The molecule has 0 aliphatic carbocycles. The van der Waals surface area contributed by atoms with E-state index in [0.29, 0.717) is 16.9 Å². The Morgan fingerprint density at radius 2 is 1.78 bits per heavy atom. The molecule has 0 bridgehead atoms. The van der Waals surface area contributed by atoms with E-state index < -0.39 is 18.5 Å². The normalized spacial score (nSPS) is 10.3. The Kier molecular flexibility index (Phi) is 4.19. The molecule has 2 heterocycles. The van der Waals surface area contributed by atoms with Gasteiger partial charge in [0, 0.05) is 6.20 Å². The van der Waals surface area contributed by atoms with E-state index >= 15 is 0 Å². The number of esters is 1. The summed E-state index contributed by atoms with van der Waals surface area (Å²) in [4.78, 5) is 35.8. The van der Waals surface area contributed by atoms with Gasteiger partial charge in [-0.1, -0.05) is 18.2 Å². The molecule has 1 N–H and O–H groups in total. The minimum Gasteiger partial charge on any atom is -0.451 e. The fourth-order valence-corrected chi connectivity index (χ4v) is 1.88. The number of para-hydroxylation sites is 2. The van der Waals surface area contributed by atoms with Gasteiger partial charge in [-0.15, -0.1) is 0 Å². The topological polar surface area (TPSA) is 94.1 Å². The van der Waals surface area contributed by atoms with Crippen LogP contribution in [0.4, 0.5) is 5.82 Å². The Bertz CT molecular complexity index is 852. The lowest BCUT2D eigenvalue weighted by atomic mass is 10.3. The van der Waals surface area contributed by atoms with Crippen LogP contribution in [-0.4, -0.2) is 33.4 Å². The van der Waals surface area contributed by atoms with Crippen LogP contribution in [0.1, 0.15) is 10.5 Å². The number of hydrogen-bond donors (Lipinski definition) is 1. The molecule has 0 atom stereocenters. The number of ether oxygens (including phenoxy) is 1. The summed E-state index contributed by atoms with van der Waals surface area (Å²) in [6.07, 6.45) is 2.87. The number of amides is 1. The number of aromatic nitrogens is 3. The summed E-state index contributed by atoms with van der Waals surface area (Å²) in [5.74, 6) is -0.802. The van der Waals surface area contributed by atoms with Crippen molar-refractivity contribution in [2.45, 2.75) is 0 Å². The van der Waals surface area contributed by atoms with Crippen molar-refractivity contribution in [2.24, 2.45) is 0 Å². The lowest BCUT2D eigenvalue weighted by Crippen LogP contribution is -2.21. The second-order valence-electron chi connectivity index (χ2n) is 4.58. The summed E-state index contributed by atoms with van der Waals surface area (Å²) in [6, 6.07) is 12.3. The molecule has 1 aromatic carbocycles. The molecule has 1 amide bonds. The molecule has 3 rings (SSSR count). The molecule has 7 heteroatoms. The van der Waals surface area contributed by atoms with Crippen LogP contribution in [0, 0.1) is 0 Å². The highest BCUT2D eigenvalue weighted by molar-refractivity contribution is 5.94. The maximum Gasteiger partial charge on any atom is 0.359 e. The zero-order valence-corrected chi connectivity index (χ0v) is 12.0. The molecule has 0 saturated carbocycles. The van der Waals surface area contributed by atoms with Gasteiger partial charge in [-0.2, -0.15) is 0 Å². The molecule has 0 aliphatic rings. The molecule has 2 aromatic heterocycles. The summed E-state index contributed by atoms with van der Waals surface area (Å²) in [6.45, 7) is -0.427. The second kappa shape index (κ2) is 6.61. The Morgan fingerprint density at radius 1 is 1.00 bits per heavy atom. The smallest absolute Gasteiger partial charge is 0.359 e. The predicted octanol–water partition coefficient (Wildman–Crippen LogP) is 1.82. The fraction of sp³-hybridized carbons (Fsp3) is 0.0625. The quantitative estimate of drug-likeness (QED) is 0.739. The zero-order chi connectivity index (χ0) is 16.1. The van der Waals surface area contributed by atoms with Gasteiger partial charge in [0.15, 0.2) is 12.3 Å². The Morgan fingerprint density at radius 3 is 2.57 bits per heavy atom. The van der Waals surface area contributed by atoms with Crippen LogP contribution in [-0.2, 0) is 9.53 Å². The molecule has 114 valence electrons. The highest BCUT2D eigenvalue weighted by Gasteiger charge is 2.13. The number of pyridine rings is 1. The lowest BCUT2D eigenvalue weighted by molar-refractivity contribution is -0.119. The molecule has 7 nitrogen and oxygen atoms in total. The van der Waals surface area contributed by atoms with Crippen molar-refractivity contribution in [1.29, 1.82) is 0 Å². The number of nitrogens with zero attached hydrogens (tertiary/aromatic N) is 3. The van der Waals surface area contributed by atoms with Gasteiger partial charge < -0.3 is 10.1 Å². The van der Waals surface area contributed by atoms with Crippen LogP contribution in [0.25, 0.3) is 11.0 Å². The van der Waals surface area contributed by atoms with Gasteiger partial charge in [0.2, 0.25) is 0 Å². The van der Waals surface area contributed by atoms with Gasteiger partial charge in [0.25, 0.3) is 5.91 Å². The van der Waals surface area contributed by atoms with Crippen LogP contribution in [0.2, 0.25) is 0 Å². The number of hydrogen-bond acceptors (Lipinski definition) is 6. The van der Waals surface area contributed by atoms with E-state index in [2.05, 4.69) is 20.3 Å². The third-order valence-corrected chi connectivity index (χ3v) is 2.92. The number of nitrogens with one attached hydrogen (secondary N) is 1. The standard InChI is InChI=1S/C16H12N4O3/c21-15(20-14-7-3-4-8-17-14)10-23-16(22)13-9-18-11-5-1-2-6-12(11)19-13/h1-9H,10H2,(H,17,20,21). The largest absolute Gasteiger partial charge is 0.451 e. The molecular weight excluding hydrogens is 296 g/mol. The van der Waals surface area contributed by atoms with E-state index in [1.165, 1.54) is 6.20 Å². The summed E-state index contributed by atoms with van der Waals surface area (Å²) >= 11 is 0. The summed E-state index contributed by atoms with van der Waals surface area (Å²) in [5.41, 5.74) is 1.31. The van der Waals surface area contributed by atoms with E-state index in [1.54, 1.807) is 42.6 Å². The third kappa shape index (κ3) is 3.65. The lowest BCUT2D eigenvalue weighted by Gasteiger charge is -2.05. The molecule has 0 aliphatic heterocycles. The minimum absolute atomic E-state index is 0.0503. The Labute approximate surface area is 131 Å². The maximum absolute atomic E-state index is 11.9. The summed E-state index contributed by atoms with van der Waals surface area (Å²) in [5, 5.41) is 2.52. The second-order valence-corrected chi connectivity index (χ2v) is 4.58. The van der Waals surface area contributed by atoms with Crippen LogP contribution >= 0.6 is 0 Å². The van der Waals surface area contributed by atoms with Crippen molar-refractivity contribution in [3.8, 4) is 0 Å². The zero-order valence-electron chi connectivity index (χ0n) is 12.0. The Balaban J connectivity index is 1.61. The van der Waals surface area contributed by atoms with Crippen LogP contribution in [0.15, 0.2) is 54.9 Å². The number of carbonyl (C=O) groups excluding carboxylic acids is 2. The molecule has 0 spiro atoms. The monoisotopic (exact) mass is 308 g/mol. The first-order valence-corrected chi connectivity index (χ1v) is 6.82. The van der Waals surface area contributed by atoms with Gasteiger partial charge >= 0.3 is 5.97 Å². The first-order valence-electron chi connectivity index (χ1n) is 6.82. The SMILES string of the molecule is O=C(COC(=O)c1cnc2ccccc2n1)Nc1ccccn1. The number of benzene rings is 1. The fourth-order valence-electron chi connectivity index (χ4n) is 1.88. The maximum atomic E-state index is 11.9. The molecule has 0 fully saturated rings. The highest BCUT2D eigenvalue weighted by atomic mass is 16.5. The van der Waals surface area contributed by atoms with E-state index in [-0.39, 0.29) is 5.69 Å².